The number of halogens is 1. The monoisotopic (exact) mass is 556 g/mol. The Morgan fingerprint density at radius 2 is 2.08 bits per heavy atom. The summed E-state index contributed by atoms with van der Waals surface area (Å²) in [6, 6.07) is 8.47. The van der Waals surface area contributed by atoms with Crippen LogP contribution in [0.15, 0.2) is 30.5 Å². The zero-order chi connectivity index (χ0) is 27.2. The van der Waals surface area contributed by atoms with Crippen molar-refractivity contribution >= 4 is 38.9 Å². The van der Waals surface area contributed by atoms with Crippen molar-refractivity contribution in [2.75, 3.05) is 17.5 Å². The normalized spacial score (nSPS) is 23.9. The third kappa shape index (κ3) is 5.08. The number of para-hydroxylation sites is 1. The number of nitrogens with zero attached hydrogens (tertiary/aromatic N) is 5. The molecule has 2 N–H and O–H groups in total. The van der Waals surface area contributed by atoms with Crippen LogP contribution in [0.1, 0.15) is 71.4 Å². The zero-order valence-electron chi connectivity index (χ0n) is 21.1. The molecular formula is C26H29ClN6O4S. The van der Waals surface area contributed by atoms with E-state index < -0.39 is 22.0 Å². The number of carbonyl (C=O) groups is 1. The molecule has 1 aromatic carbocycles. The second-order valence-electron chi connectivity index (χ2n) is 10.2. The fourth-order valence-electron chi connectivity index (χ4n) is 5.62. The molecule has 0 bridgehead atoms. The van der Waals surface area contributed by atoms with Crippen molar-refractivity contribution < 1.29 is 18.3 Å². The predicted octanol–water partition coefficient (Wildman–Crippen LogP) is 3.81. The van der Waals surface area contributed by atoms with E-state index in [1.54, 1.807) is 21.5 Å². The molecule has 3 aromatic rings. The first-order chi connectivity index (χ1) is 18.1. The summed E-state index contributed by atoms with van der Waals surface area (Å²) < 4.78 is 28.0. The lowest BCUT2D eigenvalue weighted by atomic mass is 9.97. The molecule has 5 rings (SSSR count). The summed E-state index contributed by atoms with van der Waals surface area (Å²) in [5, 5.41) is 24.4. The Kier molecular flexibility index (Phi) is 7.07. The number of nitriles is 1. The van der Waals surface area contributed by atoms with Crippen LogP contribution >= 0.6 is 11.6 Å². The van der Waals surface area contributed by atoms with Crippen molar-refractivity contribution in [3.05, 3.63) is 58.0 Å². The van der Waals surface area contributed by atoms with Gasteiger partial charge in [-0.1, -0.05) is 17.7 Å². The third-order valence-electron chi connectivity index (χ3n) is 7.41. The number of hydrogen-bond acceptors (Lipinski definition) is 7. The summed E-state index contributed by atoms with van der Waals surface area (Å²) in [6.45, 7) is 2.44. The molecule has 0 spiro atoms. The Labute approximate surface area is 226 Å². The van der Waals surface area contributed by atoms with Crippen molar-refractivity contribution in [1.29, 1.82) is 5.26 Å². The van der Waals surface area contributed by atoms with Gasteiger partial charge in [-0.25, -0.2) is 17.9 Å². The van der Waals surface area contributed by atoms with Crippen molar-refractivity contribution in [3.63, 3.8) is 0 Å². The lowest BCUT2D eigenvalue weighted by Crippen LogP contribution is -2.39. The quantitative estimate of drug-likeness (QED) is 0.487. The molecular weight excluding hydrogens is 528 g/mol. The SMILES string of the molecule is Cc1cn2nc([C@@H]3CCCCN3C(=O)c3cccc(Cl)c3NS(C)(=O)=O)cc2nc1C1C[C@@H](C#N)[C@@H](O)C1. The molecule has 1 saturated heterocycles. The Balaban J connectivity index is 1.48. The molecule has 1 aliphatic heterocycles. The highest BCUT2D eigenvalue weighted by molar-refractivity contribution is 7.92. The number of piperidine rings is 1. The Morgan fingerprint density at radius 1 is 1.29 bits per heavy atom. The zero-order valence-corrected chi connectivity index (χ0v) is 22.7. The third-order valence-corrected chi connectivity index (χ3v) is 8.30. The highest BCUT2D eigenvalue weighted by Crippen LogP contribution is 2.39. The van der Waals surface area contributed by atoms with Gasteiger partial charge < -0.3 is 10.0 Å². The van der Waals surface area contributed by atoms with Crippen LogP contribution in [0.5, 0.6) is 0 Å². The molecule has 12 heteroatoms. The van der Waals surface area contributed by atoms with Gasteiger partial charge in [0.15, 0.2) is 5.65 Å². The van der Waals surface area contributed by atoms with E-state index in [1.165, 1.54) is 6.07 Å². The highest BCUT2D eigenvalue weighted by Gasteiger charge is 2.36. The van der Waals surface area contributed by atoms with E-state index in [-0.39, 0.29) is 34.1 Å². The molecule has 2 aromatic heterocycles. The number of likely N-dealkylation sites (tertiary alicyclic amines) is 1. The van der Waals surface area contributed by atoms with E-state index >= 15 is 0 Å². The highest BCUT2D eigenvalue weighted by atomic mass is 35.5. The van der Waals surface area contributed by atoms with Crippen LogP contribution in [0.4, 0.5) is 5.69 Å². The minimum atomic E-state index is -3.66. The minimum Gasteiger partial charge on any atom is -0.392 e. The molecule has 1 amide bonds. The number of sulfonamides is 1. The lowest BCUT2D eigenvalue weighted by molar-refractivity contribution is 0.0607. The Hall–Kier alpha value is -3.20. The molecule has 1 unspecified atom stereocenters. The number of nitrogens with one attached hydrogen (secondary N) is 1. The van der Waals surface area contributed by atoms with E-state index in [1.807, 2.05) is 19.2 Å². The molecule has 3 heterocycles. The number of benzene rings is 1. The number of aliphatic hydroxyl groups excluding tert-OH is 1. The van der Waals surface area contributed by atoms with Gasteiger partial charge >= 0.3 is 0 Å². The van der Waals surface area contributed by atoms with Crippen LogP contribution < -0.4 is 4.72 Å². The second-order valence-corrected chi connectivity index (χ2v) is 12.4. The number of anilines is 1. The van der Waals surface area contributed by atoms with Crippen molar-refractivity contribution in [2.45, 2.75) is 57.1 Å². The molecule has 10 nitrogen and oxygen atoms in total. The van der Waals surface area contributed by atoms with Gasteiger partial charge in [0.05, 0.1) is 58.1 Å². The number of hydrogen-bond donors (Lipinski definition) is 2. The number of rotatable bonds is 5. The van der Waals surface area contributed by atoms with Crippen molar-refractivity contribution in [1.82, 2.24) is 19.5 Å². The summed E-state index contributed by atoms with van der Waals surface area (Å²) >= 11 is 6.28. The number of amides is 1. The van der Waals surface area contributed by atoms with Gasteiger partial charge in [0.1, 0.15) is 0 Å². The van der Waals surface area contributed by atoms with Gasteiger partial charge in [0.25, 0.3) is 5.91 Å². The summed E-state index contributed by atoms with van der Waals surface area (Å²) in [4.78, 5) is 20.3. The van der Waals surface area contributed by atoms with Gasteiger partial charge in [0, 0.05) is 24.7 Å². The summed E-state index contributed by atoms with van der Waals surface area (Å²) in [5.74, 6) is -0.727. The first kappa shape index (κ1) is 26.4. The molecule has 38 heavy (non-hydrogen) atoms. The summed E-state index contributed by atoms with van der Waals surface area (Å²) in [5.41, 5.74) is 3.36. The number of aryl methyl sites for hydroxylation is 1. The lowest BCUT2D eigenvalue weighted by Gasteiger charge is -2.35. The van der Waals surface area contributed by atoms with E-state index in [0.29, 0.717) is 37.1 Å². The first-order valence-corrected chi connectivity index (χ1v) is 14.8. The Bertz CT molecular complexity index is 1550. The molecule has 1 aliphatic carbocycles. The Morgan fingerprint density at radius 3 is 2.79 bits per heavy atom. The van der Waals surface area contributed by atoms with Crippen LogP contribution in [0.3, 0.4) is 0 Å². The van der Waals surface area contributed by atoms with Gasteiger partial charge in [-0.3, -0.25) is 9.52 Å². The van der Waals surface area contributed by atoms with Crippen LogP contribution in [0.25, 0.3) is 5.65 Å². The molecule has 2 fully saturated rings. The second kappa shape index (κ2) is 10.2. The number of aromatic nitrogens is 3. The fourth-order valence-corrected chi connectivity index (χ4v) is 6.49. The molecule has 1 saturated carbocycles. The predicted molar refractivity (Wildman–Crippen MR) is 142 cm³/mol. The number of carbonyl (C=O) groups excluding carboxylic acids is 1. The van der Waals surface area contributed by atoms with Crippen molar-refractivity contribution in [3.8, 4) is 6.07 Å². The average Bonchev–Trinajstić information content (AvgIpc) is 3.46. The average molecular weight is 557 g/mol. The maximum absolute atomic E-state index is 13.8. The fraction of sp³-hybridized carbons (Fsp3) is 0.462. The maximum Gasteiger partial charge on any atom is 0.256 e. The van der Waals surface area contributed by atoms with Crippen LogP contribution in [0, 0.1) is 24.2 Å². The summed E-state index contributed by atoms with van der Waals surface area (Å²) in [7, 11) is -3.66. The largest absolute Gasteiger partial charge is 0.392 e. The maximum atomic E-state index is 13.8. The van der Waals surface area contributed by atoms with E-state index in [0.717, 1.165) is 30.4 Å². The number of aliphatic hydroxyl groups is 1. The minimum absolute atomic E-state index is 0.00523. The van der Waals surface area contributed by atoms with Gasteiger partial charge in [-0.15, -0.1) is 0 Å². The summed E-state index contributed by atoms with van der Waals surface area (Å²) in [6.07, 6.45) is 5.76. The molecule has 4 atom stereocenters. The van der Waals surface area contributed by atoms with Crippen LogP contribution in [0.2, 0.25) is 5.02 Å². The van der Waals surface area contributed by atoms with Gasteiger partial charge in [-0.05, 0) is 56.7 Å². The van der Waals surface area contributed by atoms with Gasteiger partial charge in [0.2, 0.25) is 10.0 Å². The molecule has 2 aliphatic rings. The van der Waals surface area contributed by atoms with E-state index in [9.17, 15) is 23.6 Å². The number of fused-ring (bicyclic) bond motifs is 1. The van der Waals surface area contributed by atoms with Gasteiger partial charge in [-0.2, -0.15) is 10.4 Å². The van der Waals surface area contributed by atoms with Crippen molar-refractivity contribution in [2.24, 2.45) is 5.92 Å². The van der Waals surface area contributed by atoms with Crippen LogP contribution in [-0.4, -0.2) is 57.8 Å². The smallest absolute Gasteiger partial charge is 0.256 e. The van der Waals surface area contributed by atoms with Crippen LogP contribution in [-0.2, 0) is 10.0 Å². The van der Waals surface area contributed by atoms with E-state index in [4.69, 9.17) is 21.7 Å². The molecule has 0 radical (unpaired) electrons. The first-order valence-electron chi connectivity index (χ1n) is 12.6. The van der Waals surface area contributed by atoms with E-state index in [2.05, 4.69) is 10.8 Å². The standard InChI is InChI=1S/C26H29ClN6O4S/c1-15-14-33-23(29-24(15)16-10-17(13-28)22(34)11-16)12-20(30-33)21-8-3-4-9-32(21)26(35)18-6-5-7-19(27)25(18)31-38(2,36)37/h5-7,12,14,16-17,21-22,31,34H,3-4,8-11H2,1-2H3/t16?,17-,21-,22-/m0/s1. The molecule has 200 valence electrons. The topological polar surface area (TPSA) is 141 Å².